The maximum absolute atomic E-state index is 11.0. The normalized spacial score (nSPS) is 10.3. The third-order valence-electron chi connectivity index (χ3n) is 1.22. The number of hydrogen-bond acceptors (Lipinski definition) is 5. The van der Waals surface area contributed by atoms with Crippen molar-refractivity contribution in [1.82, 2.24) is 14.8 Å². The molecular weight excluding hydrogens is 174 g/mol. The molecule has 0 fully saturated rings. The van der Waals surface area contributed by atoms with Crippen molar-refractivity contribution in [3.63, 3.8) is 0 Å². The van der Waals surface area contributed by atoms with Crippen molar-refractivity contribution in [3.05, 3.63) is 6.33 Å². The molecule has 0 saturated carbocycles. The topological polar surface area (TPSA) is 81.4 Å². The molecule has 1 heterocycles. The summed E-state index contributed by atoms with van der Waals surface area (Å²) in [6.07, 6.45) is 2.48. The molecule has 0 aliphatic carbocycles. The first-order valence-electron chi connectivity index (χ1n) is 3.45. The van der Waals surface area contributed by atoms with Crippen molar-refractivity contribution in [1.29, 1.82) is 0 Å². The quantitative estimate of drug-likeness (QED) is 0.500. The minimum Gasteiger partial charge on any atom is -0.399 e. The first-order chi connectivity index (χ1) is 6.24. The van der Waals surface area contributed by atoms with Crippen LogP contribution in [0, 0.1) is 0 Å². The van der Waals surface area contributed by atoms with Gasteiger partial charge in [0.25, 0.3) is 5.91 Å². The van der Waals surface area contributed by atoms with E-state index in [0.717, 1.165) is 6.21 Å². The summed E-state index contributed by atoms with van der Waals surface area (Å²) in [7, 11) is 3.06. The molecule has 0 radical (unpaired) electrons. The standard InChI is InChI=1S/C6H9N5O2/c1-11-4-7-10-6(11)9-5(12)3-8-13-2/h3-4H,1-2H3,(H,9,10,12)/b8-3+. The number of nitrogens with zero attached hydrogens (tertiary/aromatic N) is 4. The van der Waals surface area contributed by atoms with Gasteiger partial charge < -0.3 is 9.40 Å². The predicted octanol–water partition coefficient (Wildman–Crippen LogP) is -0.614. The molecule has 0 saturated heterocycles. The molecule has 0 spiro atoms. The fourth-order valence-corrected chi connectivity index (χ4v) is 0.639. The third-order valence-corrected chi connectivity index (χ3v) is 1.22. The number of carbonyl (C=O) groups excluding carboxylic acids is 1. The monoisotopic (exact) mass is 183 g/mol. The molecule has 1 amide bonds. The number of oxime groups is 1. The number of hydrogen-bond donors (Lipinski definition) is 1. The van der Waals surface area contributed by atoms with Gasteiger partial charge in [0.2, 0.25) is 5.95 Å². The van der Waals surface area contributed by atoms with Gasteiger partial charge in [0.05, 0.1) is 0 Å². The summed E-state index contributed by atoms with van der Waals surface area (Å²) in [5.74, 6) is -0.0643. The number of rotatable bonds is 3. The van der Waals surface area contributed by atoms with Crippen molar-refractivity contribution < 1.29 is 9.63 Å². The molecule has 1 N–H and O–H groups in total. The minimum atomic E-state index is -0.419. The Bertz CT molecular complexity index is 319. The average Bonchev–Trinajstić information content (AvgIpc) is 2.48. The van der Waals surface area contributed by atoms with Crippen LogP contribution in [0.5, 0.6) is 0 Å². The summed E-state index contributed by atoms with van der Waals surface area (Å²) < 4.78 is 1.57. The van der Waals surface area contributed by atoms with Crippen molar-refractivity contribution in [2.75, 3.05) is 12.4 Å². The van der Waals surface area contributed by atoms with Crippen LogP contribution in [0.1, 0.15) is 0 Å². The van der Waals surface area contributed by atoms with Gasteiger partial charge in [-0.05, 0) is 0 Å². The van der Waals surface area contributed by atoms with E-state index < -0.39 is 5.91 Å². The van der Waals surface area contributed by atoms with E-state index in [1.807, 2.05) is 0 Å². The number of aryl methyl sites for hydroxylation is 1. The summed E-state index contributed by atoms with van der Waals surface area (Å²) in [4.78, 5) is 15.3. The van der Waals surface area contributed by atoms with Gasteiger partial charge in [-0.1, -0.05) is 5.16 Å². The van der Waals surface area contributed by atoms with Crippen molar-refractivity contribution in [2.24, 2.45) is 12.2 Å². The largest absolute Gasteiger partial charge is 0.399 e. The van der Waals surface area contributed by atoms with Crippen LogP contribution in [0.25, 0.3) is 0 Å². The van der Waals surface area contributed by atoms with E-state index in [9.17, 15) is 4.79 Å². The van der Waals surface area contributed by atoms with Crippen LogP contribution in [0.3, 0.4) is 0 Å². The summed E-state index contributed by atoms with van der Waals surface area (Å²) in [5, 5.41) is 13.0. The molecule has 0 aromatic carbocycles. The summed E-state index contributed by atoms with van der Waals surface area (Å²) >= 11 is 0. The third kappa shape index (κ3) is 2.55. The lowest BCUT2D eigenvalue weighted by Gasteiger charge is -1.98. The van der Waals surface area contributed by atoms with Crippen LogP contribution in [-0.2, 0) is 16.7 Å². The maximum Gasteiger partial charge on any atom is 0.272 e. The fourth-order valence-electron chi connectivity index (χ4n) is 0.639. The first kappa shape index (κ1) is 9.17. The SMILES string of the molecule is CO/N=C/C(=O)Nc1nncn1C. The highest BCUT2D eigenvalue weighted by Crippen LogP contribution is 1.96. The van der Waals surface area contributed by atoms with Crippen molar-refractivity contribution >= 4 is 18.1 Å². The molecule has 0 bridgehead atoms. The van der Waals surface area contributed by atoms with E-state index >= 15 is 0 Å². The predicted molar refractivity (Wildman–Crippen MR) is 45.1 cm³/mol. The van der Waals surface area contributed by atoms with Crippen LogP contribution < -0.4 is 5.32 Å². The van der Waals surface area contributed by atoms with Gasteiger partial charge in [-0.15, -0.1) is 10.2 Å². The Morgan fingerprint density at radius 1 is 1.85 bits per heavy atom. The zero-order valence-electron chi connectivity index (χ0n) is 7.26. The van der Waals surface area contributed by atoms with E-state index in [1.165, 1.54) is 13.4 Å². The van der Waals surface area contributed by atoms with Crippen LogP contribution >= 0.6 is 0 Å². The van der Waals surface area contributed by atoms with E-state index in [2.05, 4.69) is 25.5 Å². The lowest BCUT2D eigenvalue weighted by molar-refractivity contribution is -0.110. The molecule has 7 heteroatoms. The van der Waals surface area contributed by atoms with Gasteiger partial charge in [0.15, 0.2) is 0 Å². The molecule has 0 aliphatic rings. The number of aromatic nitrogens is 3. The Morgan fingerprint density at radius 2 is 2.62 bits per heavy atom. The van der Waals surface area contributed by atoms with Gasteiger partial charge in [-0.25, -0.2) is 0 Å². The molecule has 0 aliphatic heterocycles. The molecule has 0 unspecified atom stereocenters. The maximum atomic E-state index is 11.0. The summed E-state index contributed by atoms with van der Waals surface area (Å²) in [5.41, 5.74) is 0. The Hall–Kier alpha value is -1.92. The number of carbonyl (C=O) groups is 1. The highest BCUT2D eigenvalue weighted by Gasteiger charge is 2.03. The zero-order chi connectivity index (χ0) is 9.68. The number of anilines is 1. The van der Waals surface area contributed by atoms with Gasteiger partial charge in [0, 0.05) is 7.05 Å². The van der Waals surface area contributed by atoms with E-state index in [0.29, 0.717) is 5.95 Å². The Balaban J connectivity index is 2.55. The van der Waals surface area contributed by atoms with Gasteiger partial charge in [0.1, 0.15) is 19.7 Å². The molecule has 1 aromatic heterocycles. The van der Waals surface area contributed by atoms with Crippen molar-refractivity contribution in [2.45, 2.75) is 0 Å². The highest BCUT2D eigenvalue weighted by molar-refractivity contribution is 6.31. The van der Waals surface area contributed by atoms with E-state index in [-0.39, 0.29) is 0 Å². The second-order valence-electron chi connectivity index (χ2n) is 2.17. The molecule has 7 nitrogen and oxygen atoms in total. The second kappa shape index (κ2) is 4.19. The fraction of sp³-hybridized carbons (Fsp3) is 0.333. The first-order valence-corrected chi connectivity index (χ1v) is 3.45. The molecule has 1 aromatic rings. The molecule has 0 atom stereocenters. The van der Waals surface area contributed by atoms with Crippen LogP contribution in [-0.4, -0.2) is 34.0 Å². The Labute approximate surface area is 74.4 Å². The molecule has 1 rings (SSSR count). The molecule has 13 heavy (non-hydrogen) atoms. The minimum absolute atomic E-state index is 0.354. The summed E-state index contributed by atoms with van der Waals surface area (Å²) in [6, 6.07) is 0. The highest BCUT2D eigenvalue weighted by atomic mass is 16.6. The lowest BCUT2D eigenvalue weighted by Crippen LogP contribution is -2.15. The Kier molecular flexibility index (Phi) is 2.96. The Morgan fingerprint density at radius 3 is 3.15 bits per heavy atom. The summed E-state index contributed by atoms with van der Waals surface area (Å²) in [6.45, 7) is 0. The van der Waals surface area contributed by atoms with Gasteiger partial charge in [-0.2, -0.15) is 0 Å². The van der Waals surface area contributed by atoms with Gasteiger partial charge in [-0.3, -0.25) is 10.1 Å². The lowest BCUT2D eigenvalue weighted by atomic mass is 10.6. The number of nitrogens with one attached hydrogen (secondary N) is 1. The zero-order valence-corrected chi connectivity index (χ0v) is 7.26. The molecular formula is C6H9N5O2. The molecule has 70 valence electrons. The van der Waals surface area contributed by atoms with E-state index in [4.69, 9.17) is 0 Å². The van der Waals surface area contributed by atoms with Gasteiger partial charge >= 0.3 is 0 Å². The number of amides is 1. The second-order valence-corrected chi connectivity index (χ2v) is 2.17. The van der Waals surface area contributed by atoms with Crippen LogP contribution in [0.15, 0.2) is 11.5 Å². The van der Waals surface area contributed by atoms with E-state index in [1.54, 1.807) is 11.6 Å². The van der Waals surface area contributed by atoms with Crippen LogP contribution in [0.4, 0.5) is 5.95 Å². The average molecular weight is 183 g/mol. The smallest absolute Gasteiger partial charge is 0.272 e. The van der Waals surface area contributed by atoms with Crippen molar-refractivity contribution in [3.8, 4) is 0 Å². The van der Waals surface area contributed by atoms with Crippen LogP contribution in [0.2, 0.25) is 0 Å².